The number of hydrogen-bond acceptors (Lipinski definition) is 5. The molecule has 0 radical (unpaired) electrons. The van der Waals surface area contributed by atoms with Crippen LogP contribution in [-0.2, 0) is 10.2 Å². The van der Waals surface area contributed by atoms with Crippen LogP contribution >= 0.6 is 0 Å². The van der Waals surface area contributed by atoms with Crippen LogP contribution in [0.3, 0.4) is 0 Å². The first-order valence-corrected chi connectivity index (χ1v) is 8.87. The largest absolute Gasteiger partial charge is 0.470 e. The van der Waals surface area contributed by atoms with E-state index in [0.29, 0.717) is 25.9 Å². The Kier molecular flexibility index (Phi) is 3.43. The number of furan rings is 1. The third-order valence-electron chi connectivity index (χ3n) is 5.59. The van der Waals surface area contributed by atoms with Gasteiger partial charge in [0.15, 0.2) is 0 Å². The molecule has 7 heteroatoms. The van der Waals surface area contributed by atoms with E-state index in [4.69, 9.17) is 8.94 Å². The summed E-state index contributed by atoms with van der Waals surface area (Å²) in [6, 6.07) is 11.2. The van der Waals surface area contributed by atoms with Gasteiger partial charge in [-0.25, -0.2) is 0 Å². The summed E-state index contributed by atoms with van der Waals surface area (Å²) in [4.78, 5) is 29.5. The van der Waals surface area contributed by atoms with Crippen LogP contribution in [0.2, 0.25) is 0 Å². The van der Waals surface area contributed by atoms with Gasteiger partial charge in [0.25, 0.3) is 5.91 Å². The summed E-state index contributed by atoms with van der Waals surface area (Å²) in [6.07, 6.45) is 5.73. The van der Waals surface area contributed by atoms with Gasteiger partial charge in [-0.05, 0) is 24.5 Å². The summed E-state index contributed by atoms with van der Waals surface area (Å²) < 4.78 is 10.2. The van der Waals surface area contributed by atoms with Gasteiger partial charge in [-0.2, -0.15) is 0 Å². The summed E-state index contributed by atoms with van der Waals surface area (Å²) in [5.41, 5.74) is 2.01. The van der Waals surface area contributed by atoms with Crippen LogP contribution in [0.5, 0.6) is 0 Å². The molecule has 0 aliphatic carbocycles. The maximum Gasteiger partial charge on any atom is 0.292 e. The SMILES string of the molecule is O=C(c1ccno1)N1CCC2(CC1)C(=O)N(c1ccoc1)c1ccccc12. The second-order valence-electron chi connectivity index (χ2n) is 6.89. The molecule has 1 fully saturated rings. The molecule has 136 valence electrons. The number of rotatable bonds is 2. The molecule has 27 heavy (non-hydrogen) atoms. The molecule has 5 rings (SSSR count). The highest BCUT2D eigenvalue weighted by Gasteiger charge is 2.53. The summed E-state index contributed by atoms with van der Waals surface area (Å²) in [7, 11) is 0. The lowest BCUT2D eigenvalue weighted by Gasteiger charge is -2.38. The average Bonchev–Trinajstić information content (AvgIpc) is 3.45. The van der Waals surface area contributed by atoms with Gasteiger partial charge in [0.1, 0.15) is 6.26 Å². The lowest BCUT2D eigenvalue weighted by molar-refractivity contribution is -0.124. The fourth-order valence-corrected chi connectivity index (χ4v) is 4.21. The van der Waals surface area contributed by atoms with Gasteiger partial charge in [0.05, 0.1) is 29.2 Å². The minimum atomic E-state index is -0.619. The van der Waals surface area contributed by atoms with E-state index < -0.39 is 5.41 Å². The van der Waals surface area contributed by atoms with Crippen molar-refractivity contribution in [3.05, 3.63) is 66.4 Å². The zero-order valence-corrected chi connectivity index (χ0v) is 14.5. The van der Waals surface area contributed by atoms with Gasteiger partial charge in [0, 0.05) is 25.2 Å². The molecule has 3 aromatic rings. The lowest BCUT2D eigenvalue weighted by Crippen LogP contribution is -2.49. The van der Waals surface area contributed by atoms with E-state index in [2.05, 4.69) is 5.16 Å². The van der Waals surface area contributed by atoms with E-state index in [1.807, 2.05) is 24.3 Å². The molecule has 7 nitrogen and oxygen atoms in total. The molecule has 2 aliphatic heterocycles. The Morgan fingerprint density at radius 3 is 2.63 bits per heavy atom. The Morgan fingerprint density at radius 1 is 1.11 bits per heavy atom. The number of fused-ring (bicyclic) bond motifs is 2. The van der Waals surface area contributed by atoms with Crippen LogP contribution in [0.1, 0.15) is 29.0 Å². The highest BCUT2D eigenvalue weighted by atomic mass is 16.5. The maximum atomic E-state index is 13.5. The molecule has 1 saturated heterocycles. The Bertz CT molecular complexity index is 986. The first-order valence-electron chi connectivity index (χ1n) is 8.87. The number of para-hydroxylation sites is 1. The number of amides is 2. The van der Waals surface area contributed by atoms with Gasteiger partial charge in [-0.3, -0.25) is 14.5 Å². The van der Waals surface area contributed by atoms with E-state index in [1.54, 1.807) is 34.5 Å². The van der Waals surface area contributed by atoms with Crippen molar-refractivity contribution in [2.45, 2.75) is 18.3 Å². The Balaban J connectivity index is 1.47. The van der Waals surface area contributed by atoms with Crippen molar-refractivity contribution in [3.8, 4) is 0 Å². The molecular formula is C20H17N3O4. The zero-order chi connectivity index (χ0) is 18.4. The first kappa shape index (κ1) is 15.9. The van der Waals surface area contributed by atoms with E-state index in [-0.39, 0.29) is 17.6 Å². The number of piperidine rings is 1. The standard InChI is InChI=1S/C20H17N3O4/c24-18(17-5-9-21-27-17)22-10-7-20(8-11-22)15-3-1-2-4-16(15)23(19(20)25)14-6-12-26-13-14/h1-6,9,12-13H,7-8,10-11H2. The monoisotopic (exact) mass is 363 g/mol. The van der Waals surface area contributed by atoms with Crippen LogP contribution in [0.15, 0.2) is 64.1 Å². The average molecular weight is 363 g/mol. The number of carbonyl (C=O) groups excluding carboxylic acids is 2. The van der Waals surface area contributed by atoms with Crippen LogP contribution in [0, 0.1) is 0 Å². The molecule has 1 aromatic carbocycles. The Morgan fingerprint density at radius 2 is 1.93 bits per heavy atom. The van der Waals surface area contributed by atoms with E-state index in [9.17, 15) is 9.59 Å². The van der Waals surface area contributed by atoms with Gasteiger partial charge in [-0.15, -0.1) is 0 Å². The van der Waals surface area contributed by atoms with Gasteiger partial charge in [0.2, 0.25) is 11.7 Å². The van der Waals surface area contributed by atoms with Gasteiger partial charge < -0.3 is 13.8 Å². The fraction of sp³-hybridized carbons (Fsp3) is 0.250. The van der Waals surface area contributed by atoms with Crippen LogP contribution in [0.25, 0.3) is 0 Å². The van der Waals surface area contributed by atoms with Crippen LogP contribution in [-0.4, -0.2) is 35.0 Å². The predicted octanol–water partition coefficient (Wildman–Crippen LogP) is 3.12. The van der Waals surface area contributed by atoms with Crippen LogP contribution < -0.4 is 4.90 Å². The summed E-state index contributed by atoms with van der Waals surface area (Å²) in [5.74, 6) is 0.0776. The van der Waals surface area contributed by atoms with E-state index in [1.165, 1.54) is 6.20 Å². The van der Waals surface area contributed by atoms with Crippen molar-refractivity contribution in [3.63, 3.8) is 0 Å². The number of benzene rings is 1. The quantitative estimate of drug-likeness (QED) is 0.699. The zero-order valence-electron chi connectivity index (χ0n) is 14.5. The van der Waals surface area contributed by atoms with Crippen LogP contribution in [0.4, 0.5) is 11.4 Å². The number of anilines is 2. The Labute approximate surface area is 155 Å². The van der Waals surface area contributed by atoms with E-state index in [0.717, 1.165) is 16.9 Å². The fourth-order valence-electron chi connectivity index (χ4n) is 4.21. The molecule has 0 atom stereocenters. The number of carbonyl (C=O) groups is 2. The van der Waals surface area contributed by atoms with Gasteiger partial charge >= 0.3 is 0 Å². The molecule has 1 spiro atoms. The maximum absolute atomic E-state index is 13.5. The molecule has 0 saturated carbocycles. The third-order valence-corrected chi connectivity index (χ3v) is 5.59. The van der Waals surface area contributed by atoms with Crippen molar-refractivity contribution in [1.29, 1.82) is 0 Å². The number of nitrogens with zero attached hydrogens (tertiary/aromatic N) is 3. The van der Waals surface area contributed by atoms with Crippen molar-refractivity contribution < 1.29 is 18.5 Å². The number of hydrogen-bond donors (Lipinski definition) is 0. The number of likely N-dealkylation sites (tertiary alicyclic amines) is 1. The normalized spacial score (nSPS) is 18.1. The third kappa shape index (κ3) is 2.24. The molecule has 0 N–H and O–H groups in total. The van der Waals surface area contributed by atoms with E-state index >= 15 is 0 Å². The lowest BCUT2D eigenvalue weighted by atomic mass is 9.73. The van der Waals surface area contributed by atoms with Crippen molar-refractivity contribution in [1.82, 2.24) is 10.1 Å². The summed E-state index contributed by atoms with van der Waals surface area (Å²) in [5, 5.41) is 3.60. The minimum Gasteiger partial charge on any atom is -0.470 e. The second-order valence-corrected chi connectivity index (χ2v) is 6.89. The molecule has 2 amide bonds. The molecule has 0 unspecified atom stereocenters. The first-order chi connectivity index (χ1) is 13.2. The number of aromatic nitrogens is 1. The van der Waals surface area contributed by atoms with Gasteiger partial charge in [-0.1, -0.05) is 23.4 Å². The minimum absolute atomic E-state index is 0.0388. The second kappa shape index (κ2) is 5.84. The topological polar surface area (TPSA) is 79.8 Å². The van der Waals surface area contributed by atoms with Crippen molar-refractivity contribution in [2.75, 3.05) is 18.0 Å². The predicted molar refractivity (Wildman–Crippen MR) is 95.6 cm³/mol. The molecule has 2 aliphatic rings. The Hall–Kier alpha value is -3.35. The van der Waals surface area contributed by atoms with Crippen molar-refractivity contribution in [2.24, 2.45) is 0 Å². The summed E-state index contributed by atoms with van der Waals surface area (Å²) >= 11 is 0. The summed E-state index contributed by atoms with van der Waals surface area (Å²) in [6.45, 7) is 0.970. The molecular weight excluding hydrogens is 346 g/mol. The van der Waals surface area contributed by atoms with Crippen molar-refractivity contribution >= 4 is 23.2 Å². The molecule has 2 aromatic heterocycles. The smallest absolute Gasteiger partial charge is 0.292 e. The molecule has 4 heterocycles. The highest BCUT2D eigenvalue weighted by molar-refractivity contribution is 6.13. The molecule has 0 bridgehead atoms. The highest BCUT2D eigenvalue weighted by Crippen LogP contribution is 2.50.